The summed E-state index contributed by atoms with van der Waals surface area (Å²) in [5.41, 5.74) is 1.13. The van der Waals surface area contributed by atoms with Gasteiger partial charge in [-0.3, -0.25) is 9.59 Å². The molecule has 0 fully saturated rings. The lowest BCUT2D eigenvalue weighted by Crippen LogP contribution is -2.54. The van der Waals surface area contributed by atoms with Crippen molar-refractivity contribution in [2.75, 3.05) is 18.5 Å². The van der Waals surface area contributed by atoms with Crippen LogP contribution in [0.5, 0.6) is 5.75 Å². The number of phenols is 1. The normalized spacial score (nSPS) is 12.8. The summed E-state index contributed by atoms with van der Waals surface area (Å²) in [6.07, 6.45) is 1.47. The standard InChI is InChI=1S/C28H39N3O6/c1-6-7-10-17-31(26(35)23(18-32)30-27(36)37-28(3,4)5)24(20-13-15-21(33)16-14-20)25(34)29-22-12-9-8-11-19(22)2/h8-9,11-16,23-24,32-33H,6-7,10,17-18H2,1-5H3,(H,29,34)(H,30,36). The van der Waals surface area contributed by atoms with Gasteiger partial charge in [0, 0.05) is 12.2 Å². The number of nitrogens with zero attached hydrogens (tertiary/aromatic N) is 1. The summed E-state index contributed by atoms with van der Waals surface area (Å²) in [4.78, 5) is 41.2. The molecule has 202 valence electrons. The number of carbonyl (C=O) groups is 3. The molecule has 0 spiro atoms. The molecule has 0 aliphatic heterocycles. The maximum Gasteiger partial charge on any atom is 0.408 e. The fourth-order valence-electron chi connectivity index (χ4n) is 3.78. The molecule has 9 heteroatoms. The number of hydrogen-bond acceptors (Lipinski definition) is 6. The van der Waals surface area contributed by atoms with Gasteiger partial charge in [0.15, 0.2) is 0 Å². The first-order chi connectivity index (χ1) is 17.5. The topological polar surface area (TPSA) is 128 Å². The number of hydrogen-bond donors (Lipinski definition) is 4. The van der Waals surface area contributed by atoms with Crippen molar-refractivity contribution in [1.29, 1.82) is 0 Å². The van der Waals surface area contributed by atoms with Gasteiger partial charge in [-0.1, -0.05) is 50.1 Å². The molecule has 0 aliphatic carbocycles. The molecule has 2 aromatic rings. The van der Waals surface area contributed by atoms with E-state index in [0.717, 1.165) is 18.4 Å². The lowest BCUT2D eigenvalue weighted by Gasteiger charge is -2.34. The smallest absolute Gasteiger partial charge is 0.408 e. The number of aliphatic hydroxyl groups is 1. The second-order valence-corrected chi connectivity index (χ2v) is 9.92. The van der Waals surface area contributed by atoms with E-state index in [9.17, 15) is 24.6 Å². The van der Waals surface area contributed by atoms with Crippen molar-refractivity contribution in [3.63, 3.8) is 0 Å². The third-order valence-corrected chi connectivity index (χ3v) is 5.63. The van der Waals surface area contributed by atoms with Gasteiger partial charge in [0.1, 0.15) is 23.4 Å². The number of alkyl carbamates (subject to hydrolysis) is 1. The van der Waals surface area contributed by atoms with Crippen LogP contribution in [0.2, 0.25) is 0 Å². The summed E-state index contributed by atoms with van der Waals surface area (Å²) >= 11 is 0. The fourth-order valence-corrected chi connectivity index (χ4v) is 3.78. The highest BCUT2D eigenvalue weighted by atomic mass is 16.6. The lowest BCUT2D eigenvalue weighted by molar-refractivity contribution is -0.141. The molecule has 0 aromatic heterocycles. The molecule has 9 nitrogen and oxygen atoms in total. The molecule has 0 radical (unpaired) electrons. The van der Waals surface area contributed by atoms with Gasteiger partial charge in [0.25, 0.3) is 5.91 Å². The minimum Gasteiger partial charge on any atom is -0.508 e. The first-order valence-electron chi connectivity index (χ1n) is 12.5. The van der Waals surface area contributed by atoms with Crippen molar-refractivity contribution in [2.45, 2.75) is 71.6 Å². The van der Waals surface area contributed by atoms with Gasteiger partial charge in [0.2, 0.25) is 5.91 Å². The summed E-state index contributed by atoms with van der Waals surface area (Å²) < 4.78 is 5.26. The van der Waals surface area contributed by atoms with Crippen LogP contribution in [0.4, 0.5) is 10.5 Å². The Morgan fingerprint density at radius 1 is 1.03 bits per heavy atom. The number of nitrogens with one attached hydrogen (secondary N) is 2. The first kappa shape index (κ1) is 29.6. The molecule has 2 atom stereocenters. The number of ether oxygens (including phenoxy) is 1. The van der Waals surface area contributed by atoms with Crippen LogP contribution >= 0.6 is 0 Å². The zero-order valence-electron chi connectivity index (χ0n) is 22.3. The van der Waals surface area contributed by atoms with Crippen molar-refractivity contribution < 1.29 is 29.3 Å². The highest BCUT2D eigenvalue weighted by Gasteiger charge is 2.36. The van der Waals surface area contributed by atoms with E-state index in [1.165, 1.54) is 17.0 Å². The average Bonchev–Trinajstić information content (AvgIpc) is 2.83. The summed E-state index contributed by atoms with van der Waals surface area (Å²) in [7, 11) is 0. The number of aliphatic hydroxyl groups excluding tert-OH is 1. The van der Waals surface area contributed by atoms with Crippen LogP contribution in [0, 0.1) is 6.92 Å². The van der Waals surface area contributed by atoms with Crippen LogP contribution in [0.15, 0.2) is 48.5 Å². The van der Waals surface area contributed by atoms with E-state index in [1.54, 1.807) is 45.0 Å². The number of rotatable bonds is 11. The lowest BCUT2D eigenvalue weighted by atomic mass is 10.0. The number of benzene rings is 2. The quantitative estimate of drug-likeness (QED) is 0.332. The minimum absolute atomic E-state index is 0.0190. The monoisotopic (exact) mass is 513 g/mol. The number of aryl methyl sites for hydroxylation is 1. The number of para-hydroxylation sites is 1. The van der Waals surface area contributed by atoms with Gasteiger partial charge in [-0.15, -0.1) is 0 Å². The van der Waals surface area contributed by atoms with E-state index in [1.807, 2.05) is 26.0 Å². The van der Waals surface area contributed by atoms with Crippen LogP contribution in [-0.2, 0) is 14.3 Å². The average molecular weight is 514 g/mol. The summed E-state index contributed by atoms with van der Waals surface area (Å²) in [6, 6.07) is 10.9. The summed E-state index contributed by atoms with van der Waals surface area (Å²) in [6.45, 7) is 8.50. The molecular weight excluding hydrogens is 474 g/mol. The number of amides is 3. The zero-order chi connectivity index (χ0) is 27.6. The van der Waals surface area contributed by atoms with E-state index in [4.69, 9.17) is 4.74 Å². The van der Waals surface area contributed by atoms with Crippen LogP contribution in [0.1, 0.15) is 64.1 Å². The number of carbonyl (C=O) groups excluding carboxylic acids is 3. The van der Waals surface area contributed by atoms with E-state index in [2.05, 4.69) is 10.6 Å². The number of unbranched alkanes of at least 4 members (excludes halogenated alkanes) is 2. The van der Waals surface area contributed by atoms with Crippen molar-refractivity contribution in [1.82, 2.24) is 10.2 Å². The third kappa shape index (κ3) is 9.09. The van der Waals surface area contributed by atoms with Gasteiger partial charge in [0.05, 0.1) is 6.61 Å². The highest BCUT2D eigenvalue weighted by molar-refractivity contribution is 5.99. The predicted molar refractivity (Wildman–Crippen MR) is 142 cm³/mol. The highest BCUT2D eigenvalue weighted by Crippen LogP contribution is 2.27. The van der Waals surface area contributed by atoms with Gasteiger partial charge in [-0.05, 0) is 63.4 Å². The predicted octanol–water partition coefficient (Wildman–Crippen LogP) is 4.28. The van der Waals surface area contributed by atoms with Crippen LogP contribution in [0.25, 0.3) is 0 Å². The number of aromatic hydroxyl groups is 1. The third-order valence-electron chi connectivity index (χ3n) is 5.63. The molecule has 2 unspecified atom stereocenters. The molecule has 37 heavy (non-hydrogen) atoms. The molecule has 4 N–H and O–H groups in total. The van der Waals surface area contributed by atoms with Crippen molar-refractivity contribution in [2.24, 2.45) is 0 Å². The van der Waals surface area contributed by atoms with E-state index in [0.29, 0.717) is 17.7 Å². The SMILES string of the molecule is CCCCCN(C(=O)C(CO)NC(=O)OC(C)(C)C)C(C(=O)Nc1ccccc1C)c1ccc(O)cc1. The maximum absolute atomic E-state index is 13.7. The second kappa shape index (κ2) is 13.6. The van der Waals surface area contributed by atoms with Crippen molar-refractivity contribution in [3.05, 3.63) is 59.7 Å². The Morgan fingerprint density at radius 3 is 2.24 bits per heavy atom. The van der Waals surface area contributed by atoms with Gasteiger partial charge in [-0.2, -0.15) is 0 Å². The Kier molecular flexibility index (Phi) is 10.9. The Hall–Kier alpha value is -3.59. The molecule has 0 heterocycles. The molecule has 3 amide bonds. The van der Waals surface area contributed by atoms with Crippen molar-refractivity contribution in [3.8, 4) is 5.75 Å². The van der Waals surface area contributed by atoms with Crippen LogP contribution < -0.4 is 10.6 Å². The molecule has 2 aromatic carbocycles. The van der Waals surface area contributed by atoms with E-state index >= 15 is 0 Å². The Morgan fingerprint density at radius 2 is 1.68 bits per heavy atom. The van der Waals surface area contributed by atoms with E-state index in [-0.39, 0.29) is 12.3 Å². The molecular formula is C28H39N3O6. The van der Waals surface area contributed by atoms with Gasteiger partial charge < -0.3 is 30.5 Å². The van der Waals surface area contributed by atoms with Gasteiger partial charge >= 0.3 is 6.09 Å². The van der Waals surface area contributed by atoms with Crippen LogP contribution in [-0.4, -0.2) is 57.8 Å². The van der Waals surface area contributed by atoms with E-state index < -0.39 is 42.2 Å². The summed E-state index contributed by atoms with van der Waals surface area (Å²) in [5.74, 6) is -1.06. The first-order valence-corrected chi connectivity index (χ1v) is 12.5. The Labute approximate surface area is 218 Å². The second-order valence-electron chi connectivity index (χ2n) is 9.92. The number of phenolic OH excluding ortho intramolecular Hbond substituents is 1. The minimum atomic E-state index is -1.32. The fraction of sp³-hybridized carbons (Fsp3) is 0.464. The molecule has 0 saturated carbocycles. The van der Waals surface area contributed by atoms with Crippen LogP contribution in [0.3, 0.4) is 0 Å². The molecule has 2 rings (SSSR count). The number of anilines is 1. The van der Waals surface area contributed by atoms with Gasteiger partial charge in [-0.25, -0.2) is 4.79 Å². The molecule has 0 saturated heterocycles. The van der Waals surface area contributed by atoms with Crippen molar-refractivity contribution >= 4 is 23.6 Å². The maximum atomic E-state index is 13.7. The molecule has 0 bridgehead atoms. The molecule has 0 aliphatic rings. The summed E-state index contributed by atoms with van der Waals surface area (Å²) in [5, 5.41) is 25.2. The Bertz CT molecular complexity index is 1050. The zero-order valence-corrected chi connectivity index (χ0v) is 22.3. The largest absolute Gasteiger partial charge is 0.508 e. The Balaban J connectivity index is 2.47.